The van der Waals surface area contributed by atoms with Crippen molar-refractivity contribution in [3.8, 4) is 11.5 Å². The van der Waals surface area contributed by atoms with Gasteiger partial charge in [-0.25, -0.2) is 4.79 Å². The molecule has 1 aromatic carbocycles. The van der Waals surface area contributed by atoms with Gasteiger partial charge in [-0.3, -0.25) is 4.79 Å². The van der Waals surface area contributed by atoms with Crippen LogP contribution in [0.1, 0.15) is 45.6 Å². The predicted octanol–water partition coefficient (Wildman–Crippen LogP) is 3.30. The van der Waals surface area contributed by atoms with Crippen molar-refractivity contribution in [2.24, 2.45) is 11.8 Å². The summed E-state index contributed by atoms with van der Waals surface area (Å²) in [4.78, 5) is 24.4. The molecule has 1 saturated carbocycles. The minimum absolute atomic E-state index is 0.145. The Morgan fingerprint density at radius 2 is 2.00 bits per heavy atom. The number of rotatable bonds is 5. The average molecular weight is 373 g/mol. The molecule has 3 rings (SSSR count). The van der Waals surface area contributed by atoms with Gasteiger partial charge in [-0.1, -0.05) is 32.8 Å². The number of benzene rings is 1. The number of carbonyl (C=O) groups excluding carboxylic acids is 2. The number of esters is 1. The molecule has 1 N–H and O–H groups in total. The molecule has 0 spiro atoms. The second kappa shape index (κ2) is 8.46. The van der Waals surface area contributed by atoms with Crippen molar-refractivity contribution in [1.29, 1.82) is 0 Å². The summed E-state index contributed by atoms with van der Waals surface area (Å²) < 4.78 is 15.8. The maximum absolute atomic E-state index is 12.4. The Balaban J connectivity index is 1.50. The van der Waals surface area contributed by atoms with Crippen LogP contribution in [0, 0.1) is 11.8 Å². The van der Waals surface area contributed by atoms with Gasteiger partial charge in [0.05, 0.1) is 0 Å². The first-order valence-electron chi connectivity index (χ1n) is 9.52. The van der Waals surface area contributed by atoms with E-state index in [9.17, 15) is 9.59 Å². The van der Waals surface area contributed by atoms with Crippen molar-refractivity contribution in [3.63, 3.8) is 0 Å². The van der Waals surface area contributed by atoms with E-state index in [-0.39, 0.29) is 18.7 Å². The summed E-state index contributed by atoms with van der Waals surface area (Å²) in [6.07, 6.45) is 5.39. The highest BCUT2D eigenvalue weighted by molar-refractivity contribution is 5.90. The van der Waals surface area contributed by atoms with Crippen LogP contribution >= 0.6 is 0 Å². The fourth-order valence-electron chi connectivity index (χ4n) is 3.53. The Bertz CT molecular complexity index is 729. The zero-order valence-corrected chi connectivity index (χ0v) is 16.1. The highest BCUT2D eigenvalue weighted by atomic mass is 16.7. The second-order valence-corrected chi connectivity index (χ2v) is 7.41. The van der Waals surface area contributed by atoms with Crippen molar-refractivity contribution < 1.29 is 23.8 Å². The number of hydrogen-bond acceptors (Lipinski definition) is 5. The van der Waals surface area contributed by atoms with Crippen molar-refractivity contribution in [2.75, 3.05) is 6.79 Å². The largest absolute Gasteiger partial charge is 0.454 e. The molecule has 0 aromatic heterocycles. The molecule has 1 amide bonds. The van der Waals surface area contributed by atoms with E-state index in [1.807, 2.05) is 6.07 Å². The highest BCUT2D eigenvalue weighted by Crippen LogP contribution is 2.33. The van der Waals surface area contributed by atoms with Crippen molar-refractivity contribution in [2.45, 2.75) is 52.2 Å². The van der Waals surface area contributed by atoms with E-state index in [1.165, 1.54) is 12.5 Å². The van der Waals surface area contributed by atoms with Gasteiger partial charge in [0, 0.05) is 12.1 Å². The van der Waals surface area contributed by atoms with E-state index in [2.05, 4.69) is 19.2 Å². The van der Waals surface area contributed by atoms with Gasteiger partial charge in [0.25, 0.3) is 5.91 Å². The lowest BCUT2D eigenvalue weighted by atomic mass is 9.78. The van der Waals surface area contributed by atoms with Gasteiger partial charge in [0.2, 0.25) is 6.79 Å². The third kappa shape index (κ3) is 4.81. The second-order valence-electron chi connectivity index (χ2n) is 7.41. The summed E-state index contributed by atoms with van der Waals surface area (Å²) >= 11 is 0. The zero-order valence-electron chi connectivity index (χ0n) is 16.1. The van der Waals surface area contributed by atoms with Gasteiger partial charge in [-0.2, -0.15) is 0 Å². The molecule has 1 aromatic rings. The minimum Gasteiger partial charge on any atom is -0.454 e. The molecule has 2 aliphatic rings. The zero-order chi connectivity index (χ0) is 19.4. The summed E-state index contributed by atoms with van der Waals surface area (Å²) in [5.41, 5.74) is 0.790. The van der Waals surface area contributed by atoms with E-state index >= 15 is 0 Å². The lowest BCUT2D eigenvalue weighted by molar-refractivity contribution is -0.150. The number of hydrogen-bond donors (Lipinski definition) is 1. The lowest BCUT2D eigenvalue weighted by Crippen LogP contribution is -2.47. The fraction of sp³-hybridized carbons (Fsp3) is 0.524. The predicted molar refractivity (Wildman–Crippen MR) is 101 cm³/mol. The minimum atomic E-state index is -0.830. The first-order valence-corrected chi connectivity index (χ1v) is 9.52. The first-order chi connectivity index (χ1) is 12.9. The number of nitrogens with one attached hydrogen (secondary N) is 1. The molecule has 0 saturated heterocycles. The summed E-state index contributed by atoms with van der Waals surface area (Å²) in [6, 6.07) is 5.54. The number of fused-ring (bicyclic) bond motifs is 1. The first kappa shape index (κ1) is 19.3. The summed E-state index contributed by atoms with van der Waals surface area (Å²) in [5.74, 6) is 1.55. The number of ether oxygens (including phenoxy) is 3. The Hall–Kier alpha value is -2.50. The smallest absolute Gasteiger partial charge is 0.331 e. The van der Waals surface area contributed by atoms with Gasteiger partial charge in [0.1, 0.15) is 0 Å². The Morgan fingerprint density at radius 3 is 2.81 bits per heavy atom. The van der Waals surface area contributed by atoms with Crippen molar-refractivity contribution in [1.82, 2.24) is 5.32 Å². The monoisotopic (exact) mass is 373 g/mol. The van der Waals surface area contributed by atoms with E-state index < -0.39 is 12.1 Å². The molecule has 1 fully saturated rings. The van der Waals surface area contributed by atoms with Gasteiger partial charge >= 0.3 is 5.97 Å². The molecule has 6 nitrogen and oxygen atoms in total. The molecule has 0 unspecified atom stereocenters. The maximum Gasteiger partial charge on any atom is 0.331 e. The maximum atomic E-state index is 12.4. The molecule has 1 aliphatic heterocycles. The van der Waals surface area contributed by atoms with Crippen LogP contribution in [0.5, 0.6) is 11.5 Å². The van der Waals surface area contributed by atoms with E-state index in [0.29, 0.717) is 23.3 Å². The summed E-state index contributed by atoms with van der Waals surface area (Å²) in [5, 5.41) is 3.04. The van der Waals surface area contributed by atoms with Crippen LogP contribution < -0.4 is 14.8 Å². The quantitative estimate of drug-likeness (QED) is 0.633. The third-order valence-corrected chi connectivity index (χ3v) is 5.51. The molecular weight excluding hydrogens is 346 g/mol. The Morgan fingerprint density at radius 1 is 1.22 bits per heavy atom. The van der Waals surface area contributed by atoms with Gasteiger partial charge in [-0.15, -0.1) is 0 Å². The van der Waals surface area contributed by atoms with Gasteiger partial charge in [0.15, 0.2) is 17.6 Å². The van der Waals surface area contributed by atoms with E-state index in [4.69, 9.17) is 14.2 Å². The Kier molecular flexibility index (Phi) is 6.04. The SMILES string of the molecule is C[C@H]1[C@@H](NC(=O)[C@@H](C)OC(=O)/C=C/c2ccc3c(c2)OCO3)CCC[C@@H]1C. The topological polar surface area (TPSA) is 73.9 Å². The molecule has 0 radical (unpaired) electrons. The lowest BCUT2D eigenvalue weighted by Gasteiger charge is -2.35. The average Bonchev–Trinajstić information content (AvgIpc) is 3.11. The highest BCUT2D eigenvalue weighted by Gasteiger charge is 2.29. The third-order valence-electron chi connectivity index (χ3n) is 5.51. The van der Waals surface area contributed by atoms with Crippen molar-refractivity contribution >= 4 is 18.0 Å². The molecule has 0 bridgehead atoms. The van der Waals surface area contributed by atoms with Crippen LogP contribution in [0.3, 0.4) is 0 Å². The summed E-state index contributed by atoms with van der Waals surface area (Å²) in [7, 11) is 0. The number of amides is 1. The fourth-order valence-corrected chi connectivity index (χ4v) is 3.53. The van der Waals surface area contributed by atoms with Gasteiger partial charge < -0.3 is 19.5 Å². The van der Waals surface area contributed by atoms with Crippen LogP contribution in [0.15, 0.2) is 24.3 Å². The molecule has 6 heteroatoms. The summed E-state index contributed by atoms with van der Waals surface area (Å²) in [6.45, 7) is 6.18. The molecule has 1 heterocycles. The van der Waals surface area contributed by atoms with Gasteiger partial charge in [-0.05, 0) is 49.0 Å². The van der Waals surface area contributed by atoms with Crippen LogP contribution in [0.25, 0.3) is 6.08 Å². The van der Waals surface area contributed by atoms with Crippen LogP contribution in [-0.2, 0) is 14.3 Å². The molecular formula is C21H27NO5. The number of carbonyl (C=O) groups is 2. The van der Waals surface area contributed by atoms with Crippen LogP contribution in [0.2, 0.25) is 0 Å². The molecule has 146 valence electrons. The molecule has 4 atom stereocenters. The standard InChI is InChI=1S/C21H27NO5/c1-13-5-4-6-17(14(13)2)22-21(24)15(3)27-20(23)10-8-16-7-9-18-19(11-16)26-12-25-18/h7-11,13-15,17H,4-6,12H2,1-3H3,(H,22,24)/b10-8+/t13-,14+,15+,17-/m0/s1. The van der Waals surface area contributed by atoms with Crippen molar-refractivity contribution in [3.05, 3.63) is 29.8 Å². The molecule has 1 aliphatic carbocycles. The molecule has 27 heavy (non-hydrogen) atoms. The normalized spacial score (nSPS) is 25.2. The van der Waals surface area contributed by atoms with E-state index in [1.54, 1.807) is 25.1 Å². The van der Waals surface area contributed by atoms with Crippen LogP contribution in [-0.4, -0.2) is 30.8 Å². The van der Waals surface area contributed by atoms with E-state index in [0.717, 1.165) is 18.4 Å². The Labute approximate surface area is 159 Å². The van der Waals surface area contributed by atoms with Crippen LogP contribution in [0.4, 0.5) is 0 Å².